The van der Waals surface area contributed by atoms with Crippen LogP contribution in [0.5, 0.6) is 5.88 Å². The van der Waals surface area contributed by atoms with Crippen LogP contribution in [0.15, 0.2) is 36.5 Å². The largest absolute Gasteiger partial charge is 0.480 e. The molecule has 0 radical (unpaired) electrons. The molecule has 0 N–H and O–H groups in total. The van der Waals surface area contributed by atoms with Gasteiger partial charge < -0.3 is 9.47 Å². The van der Waals surface area contributed by atoms with Crippen molar-refractivity contribution in [2.24, 2.45) is 0 Å². The standard InChI is InChI=1S/C12H12N2O3/c1-16-11-10(12(15)17-2)8-13-14(11)9-6-4-3-5-7-9/h3-8H,1-2H3. The highest BCUT2D eigenvalue weighted by Crippen LogP contribution is 2.22. The number of para-hydroxylation sites is 1. The van der Waals surface area contributed by atoms with Crippen LogP contribution in [0.2, 0.25) is 0 Å². The van der Waals surface area contributed by atoms with E-state index in [4.69, 9.17) is 4.74 Å². The van der Waals surface area contributed by atoms with Crippen LogP contribution in [0.4, 0.5) is 0 Å². The van der Waals surface area contributed by atoms with E-state index in [9.17, 15) is 4.79 Å². The number of carbonyl (C=O) groups excluding carboxylic acids is 1. The molecule has 0 spiro atoms. The lowest BCUT2D eigenvalue weighted by Crippen LogP contribution is -2.05. The van der Waals surface area contributed by atoms with Gasteiger partial charge in [-0.15, -0.1) is 0 Å². The van der Waals surface area contributed by atoms with Crippen molar-refractivity contribution in [3.8, 4) is 11.6 Å². The molecule has 0 unspecified atom stereocenters. The summed E-state index contributed by atoms with van der Waals surface area (Å²) in [6.07, 6.45) is 1.43. The van der Waals surface area contributed by atoms with E-state index in [2.05, 4.69) is 9.84 Å². The second kappa shape index (κ2) is 4.69. The van der Waals surface area contributed by atoms with Gasteiger partial charge >= 0.3 is 5.97 Å². The molecule has 0 atom stereocenters. The highest BCUT2D eigenvalue weighted by atomic mass is 16.5. The zero-order valence-corrected chi connectivity index (χ0v) is 9.58. The number of methoxy groups -OCH3 is 2. The summed E-state index contributed by atoms with van der Waals surface area (Å²) in [7, 11) is 2.81. The molecule has 17 heavy (non-hydrogen) atoms. The monoisotopic (exact) mass is 232 g/mol. The number of ether oxygens (including phenoxy) is 2. The van der Waals surface area contributed by atoms with Gasteiger partial charge in [-0.2, -0.15) is 5.10 Å². The highest BCUT2D eigenvalue weighted by Gasteiger charge is 2.19. The Kier molecular flexibility index (Phi) is 3.09. The second-order valence-corrected chi connectivity index (χ2v) is 3.31. The van der Waals surface area contributed by atoms with Crippen molar-refractivity contribution in [3.05, 3.63) is 42.1 Å². The van der Waals surface area contributed by atoms with Crippen LogP contribution in [-0.2, 0) is 4.74 Å². The predicted octanol–water partition coefficient (Wildman–Crippen LogP) is 1.67. The van der Waals surface area contributed by atoms with Gasteiger partial charge in [0.1, 0.15) is 5.56 Å². The molecule has 1 heterocycles. The van der Waals surface area contributed by atoms with Crippen LogP contribution in [-0.4, -0.2) is 30.0 Å². The minimum absolute atomic E-state index is 0.304. The maximum absolute atomic E-state index is 11.5. The predicted molar refractivity (Wildman–Crippen MR) is 61.5 cm³/mol. The van der Waals surface area contributed by atoms with Crippen LogP contribution in [0.25, 0.3) is 5.69 Å². The summed E-state index contributed by atoms with van der Waals surface area (Å²) in [5.74, 6) is -0.105. The van der Waals surface area contributed by atoms with E-state index < -0.39 is 5.97 Å². The Morgan fingerprint density at radius 3 is 2.53 bits per heavy atom. The minimum atomic E-state index is -0.468. The Bertz CT molecular complexity index is 520. The molecule has 1 aromatic heterocycles. The summed E-state index contributed by atoms with van der Waals surface area (Å²) in [4.78, 5) is 11.5. The third kappa shape index (κ3) is 1.99. The van der Waals surface area contributed by atoms with E-state index in [1.54, 1.807) is 4.68 Å². The first-order valence-corrected chi connectivity index (χ1v) is 5.03. The fraction of sp³-hybridized carbons (Fsp3) is 0.167. The van der Waals surface area contributed by atoms with E-state index in [-0.39, 0.29) is 0 Å². The molecular weight excluding hydrogens is 220 g/mol. The van der Waals surface area contributed by atoms with Crippen molar-refractivity contribution in [2.75, 3.05) is 14.2 Å². The van der Waals surface area contributed by atoms with Gasteiger partial charge in [-0.1, -0.05) is 18.2 Å². The lowest BCUT2D eigenvalue weighted by Gasteiger charge is -2.06. The van der Waals surface area contributed by atoms with Gasteiger partial charge in [0.25, 0.3) is 0 Å². The van der Waals surface area contributed by atoms with Crippen molar-refractivity contribution in [1.82, 2.24) is 9.78 Å². The zero-order valence-electron chi connectivity index (χ0n) is 9.58. The SMILES string of the molecule is COC(=O)c1cnn(-c2ccccc2)c1OC. The molecule has 5 heteroatoms. The summed E-state index contributed by atoms with van der Waals surface area (Å²) in [6, 6.07) is 9.41. The summed E-state index contributed by atoms with van der Waals surface area (Å²) in [6.45, 7) is 0. The van der Waals surface area contributed by atoms with Crippen LogP contribution >= 0.6 is 0 Å². The molecule has 2 rings (SSSR count). The molecular formula is C12H12N2O3. The molecule has 0 aliphatic rings. The molecule has 2 aromatic rings. The van der Waals surface area contributed by atoms with E-state index in [0.717, 1.165) is 5.69 Å². The molecule has 0 fully saturated rings. The average molecular weight is 232 g/mol. The van der Waals surface area contributed by atoms with Crippen LogP contribution in [0.1, 0.15) is 10.4 Å². The van der Waals surface area contributed by atoms with Crippen molar-refractivity contribution in [2.45, 2.75) is 0 Å². The van der Waals surface area contributed by atoms with E-state index in [1.165, 1.54) is 20.4 Å². The molecule has 5 nitrogen and oxygen atoms in total. The first-order chi connectivity index (χ1) is 8.27. The smallest absolute Gasteiger partial charge is 0.345 e. The van der Waals surface area contributed by atoms with Crippen molar-refractivity contribution in [3.63, 3.8) is 0 Å². The lowest BCUT2D eigenvalue weighted by molar-refractivity contribution is 0.0597. The van der Waals surface area contributed by atoms with Gasteiger partial charge in [-0.3, -0.25) is 0 Å². The van der Waals surface area contributed by atoms with E-state index in [1.807, 2.05) is 30.3 Å². The Morgan fingerprint density at radius 2 is 1.94 bits per heavy atom. The van der Waals surface area contributed by atoms with Gasteiger partial charge in [0, 0.05) is 0 Å². The molecule has 0 aliphatic carbocycles. The second-order valence-electron chi connectivity index (χ2n) is 3.31. The Labute approximate surface area is 98.6 Å². The molecule has 1 aromatic carbocycles. The molecule has 0 amide bonds. The van der Waals surface area contributed by atoms with Crippen LogP contribution < -0.4 is 4.74 Å². The van der Waals surface area contributed by atoms with Crippen molar-refractivity contribution < 1.29 is 14.3 Å². The number of aromatic nitrogens is 2. The third-order valence-electron chi connectivity index (χ3n) is 2.32. The summed E-state index contributed by atoms with van der Waals surface area (Å²) >= 11 is 0. The molecule has 0 saturated carbocycles. The Morgan fingerprint density at radius 1 is 1.24 bits per heavy atom. The maximum Gasteiger partial charge on any atom is 0.345 e. The third-order valence-corrected chi connectivity index (χ3v) is 2.32. The summed E-state index contributed by atoms with van der Waals surface area (Å²) in [5, 5.41) is 4.12. The van der Waals surface area contributed by atoms with E-state index in [0.29, 0.717) is 11.4 Å². The van der Waals surface area contributed by atoms with Gasteiger partial charge in [-0.25, -0.2) is 9.48 Å². The van der Waals surface area contributed by atoms with Gasteiger partial charge in [0.2, 0.25) is 5.88 Å². The number of hydrogen-bond acceptors (Lipinski definition) is 4. The van der Waals surface area contributed by atoms with Crippen LogP contribution in [0.3, 0.4) is 0 Å². The number of esters is 1. The fourth-order valence-electron chi connectivity index (χ4n) is 1.54. The molecule has 88 valence electrons. The quantitative estimate of drug-likeness (QED) is 0.755. The van der Waals surface area contributed by atoms with Crippen LogP contribution in [0, 0.1) is 0 Å². The number of carbonyl (C=O) groups is 1. The highest BCUT2D eigenvalue weighted by molar-refractivity contribution is 5.91. The number of nitrogens with zero attached hydrogens (tertiary/aromatic N) is 2. The molecule has 0 bridgehead atoms. The Hall–Kier alpha value is -2.30. The topological polar surface area (TPSA) is 53.3 Å². The van der Waals surface area contributed by atoms with Crippen molar-refractivity contribution in [1.29, 1.82) is 0 Å². The average Bonchev–Trinajstić information content (AvgIpc) is 2.82. The van der Waals surface area contributed by atoms with Gasteiger partial charge in [0.15, 0.2) is 0 Å². The van der Waals surface area contributed by atoms with Gasteiger partial charge in [0.05, 0.1) is 26.1 Å². The number of rotatable bonds is 3. The molecule has 0 aliphatic heterocycles. The first-order valence-electron chi connectivity index (χ1n) is 5.03. The van der Waals surface area contributed by atoms with Crippen molar-refractivity contribution >= 4 is 5.97 Å². The fourth-order valence-corrected chi connectivity index (χ4v) is 1.54. The van der Waals surface area contributed by atoms with E-state index >= 15 is 0 Å². The lowest BCUT2D eigenvalue weighted by atomic mass is 10.3. The maximum atomic E-state index is 11.5. The summed E-state index contributed by atoms with van der Waals surface area (Å²) in [5.41, 5.74) is 1.12. The number of benzene rings is 1. The first kappa shape index (κ1) is 11.2. The Balaban J connectivity index is 2.50. The summed E-state index contributed by atoms with van der Waals surface area (Å²) < 4.78 is 11.4. The number of hydrogen-bond donors (Lipinski definition) is 0. The minimum Gasteiger partial charge on any atom is -0.480 e. The van der Waals surface area contributed by atoms with Gasteiger partial charge in [-0.05, 0) is 12.1 Å². The normalized spacial score (nSPS) is 10.0. The zero-order chi connectivity index (χ0) is 12.3. The molecule has 0 saturated heterocycles.